The minimum atomic E-state index is -0.541. The van der Waals surface area contributed by atoms with Crippen molar-refractivity contribution in [2.24, 2.45) is 0 Å². The number of hydrogen-bond acceptors (Lipinski definition) is 8. The Kier molecular flexibility index (Phi) is 7.28. The second kappa shape index (κ2) is 10.3. The molecule has 0 radical (unpaired) electrons. The highest BCUT2D eigenvalue weighted by Crippen LogP contribution is 2.27. The molecule has 0 N–H and O–H groups in total. The zero-order chi connectivity index (χ0) is 23.1. The highest BCUT2D eigenvalue weighted by atomic mass is 16.6. The van der Waals surface area contributed by atoms with Gasteiger partial charge in [-0.05, 0) is 50.2 Å². The third kappa shape index (κ3) is 5.34. The van der Waals surface area contributed by atoms with Crippen LogP contribution < -0.4 is 14.9 Å². The topological polar surface area (TPSA) is 101 Å². The second-order valence-electron chi connectivity index (χ2n) is 6.58. The van der Waals surface area contributed by atoms with Crippen molar-refractivity contribution in [2.75, 3.05) is 19.8 Å². The van der Waals surface area contributed by atoms with E-state index in [2.05, 4.69) is 6.58 Å². The molecule has 8 nitrogen and oxygen atoms in total. The number of benzene rings is 2. The van der Waals surface area contributed by atoms with E-state index in [4.69, 9.17) is 23.4 Å². The highest BCUT2D eigenvalue weighted by Gasteiger charge is 2.15. The summed E-state index contributed by atoms with van der Waals surface area (Å²) < 4.78 is 26.7. The van der Waals surface area contributed by atoms with Crippen LogP contribution in [0.5, 0.6) is 17.2 Å². The molecule has 8 heteroatoms. The summed E-state index contributed by atoms with van der Waals surface area (Å²) in [5.41, 5.74) is 0.298. The molecule has 32 heavy (non-hydrogen) atoms. The van der Waals surface area contributed by atoms with E-state index in [1.54, 1.807) is 44.2 Å². The second-order valence-corrected chi connectivity index (χ2v) is 6.58. The fraction of sp³-hybridized carbons (Fsp3) is 0.208. The monoisotopic (exact) mass is 438 g/mol. The lowest BCUT2D eigenvalue weighted by atomic mass is 10.2. The Morgan fingerprint density at radius 3 is 2.47 bits per heavy atom. The largest absolute Gasteiger partial charge is 0.482 e. The molecule has 1 heterocycles. The normalized spacial score (nSPS) is 10.4. The summed E-state index contributed by atoms with van der Waals surface area (Å²) in [7, 11) is 0. The molecule has 0 atom stereocenters. The van der Waals surface area contributed by atoms with Crippen LogP contribution in [0.25, 0.3) is 11.0 Å². The summed E-state index contributed by atoms with van der Waals surface area (Å²) in [6.07, 6.45) is 1.46. The van der Waals surface area contributed by atoms with Gasteiger partial charge in [0.2, 0.25) is 11.2 Å². The molecular weight excluding hydrogens is 416 g/mol. The Balaban J connectivity index is 1.79. The van der Waals surface area contributed by atoms with Gasteiger partial charge in [0.05, 0.1) is 17.6 Å². The smallest absolute Gasteiger partial charge is 0.344 e. The van der Waals surface area contributed by atoms with E-state index >= 15 is 0 Å². The quantitative estimate of drug-likeness (QED) is 0.362. The van der Waals surface area contributed by atoms with Crippen molar-refractivity contribution in [3.63, 3.8) is 0 Å². The zero-order valence-electron chi connectivity index (χ0n) is 17.7. The molecule has 0 spiro atoms. The highest BCUT2D eigenvalue weighted by molar-refractivity contribution is 5.89. The number of fused-ring (bicyclic) bond motifs is 1. The van der Waals surface area contributed by atoms with Crippen molar-refractivity contribution in [3.05, 3.63) is 76.7 Å². The van der Waals surface area contributed by atoms with Crippen LogP contribution in [0.2, 0.25) is 0 Å². The van der Waals surface area contributed by atoms with E-state index in [1.165, 1.54) is 18.2 Å². The van der Waals surface area contributed by atoms with Crippen LogP contribution in [0.3, 0.4) is 0 Å². The molecule has 0 aliphatic carbocycles. The SMILES string of the molecule is C=CCOC(=O)COc1ccc2c(=O)c(Oc3ccc(C(=O)OCC)cc3)c(C)oc2c1. The Hall–Kier alpha value is -4.07. The summed E-state index contributed by atoms with van der Waals surface area (Å²) in [6.45, 7) is 6.88. The maximum atomic E-state index is 12.9. The van der Waals surface area contributed by atoms with E-state index in [0.29, 0.717) is 17.1 Å². The van der Waals surface area contributed by atoms with Crippen LogP contribution >= 0.6 is 0 Å². The van der Waals surface area contributed by atoms with Crippen LogP contribution in [-0.4, -0.2) is 31.8 Å². The fourth-order valence-corrected chi connectivity index (χ4v) is 2.80. The van der Waals surface area contributed by atoms with Gasteiger partial charge < -0.3 is 23.4 Å². The van der Waals surface area contributed by atoms with Gasteiger partial charge in [-0.3, -0.25) is 4.79 Å². The number of ether oxygens (including phenoxy) is 4. The van der Waals surface area contributed by atoms with Crippen molar-refractivity contribution < 1.29 is 33.0 Å². The first-order valence-electron chi connectivity index (χ1n) is 9.84. The Labute approximate surface area is 184 Å². The van der Waals surface area contributed by atoms with Gasteiger partial charge in [-0.1, -0.05) is 12.7 Å². The molecule has 3 aromatic rings. The van der Waals surface area contributed by atoms with E-state index < -0.39 is 11.9 Å². The van der Waals surface area contributed by atoms with Gasteiger partial charge in [-0.2, -0.15) is 0 Å². The number of aryl methyl sites for hydroxylation is 1. The van der Waals surface area contributed by atoms with Crippen LogP contribution in [-0.2, 0) is 14.3 Å². The third-order valence-electron chi connectivity index (χ3n) is 4.29. The first kappa shape index (κ1) is 22.6. The van der Waals surface area contributed by atoms with E-state index in [0.717, 1.165) is 0 Å². The van der Waals surface area contributed by atoms with Gasteiger partial charge in [0, 0.05) is 6.07 Å². The van der Waals surface area contributed by atoms with Crippen LogP contribution in [0.15, 0.2) is 64.3 Å². The fourth-order valence-electron chi connectivity index (χ4n) is 2.80. The number of esters is 2. The van der Waals surface area contributed by atoms with Gasteiger partial charge >= 0.3 is 11.9 Å². The molecular formula is C24H22O8. The first-order chi connectivity index (χ1) is 15.4. The molecule has 0 amide bonds. The van der Waals surface area contributed by atoms with E-state index in [9.17, 15) is 14.4 Å². The first-order valence-corrected chi connectivity index (χ1v) is 9.84. The lowest BCUT2D eigenvalue weighted by molar-refractivity contribution is -0.144. The summed E-state index contributed by atoms with van der Waals surface area (Å²) in [5.74, 6) is 0.0278. The van der Waals surface area contributed by atoms with Gasteiger partial charge in [0.15, 0.2) is 6.61 Å². The molecule has 0 saturated heterocycles. The van der Waals surface area contributed by atoms with Crippen LogP contribution in [0, 0.1) is 6.92 Å². The van der Waals surface area contributed by atoms with E-state index in [1.807, 2.05) is 0 Å². The molecule has 0 saturated carbocycles. The standard InChI is InChI=1S/C24H22O8/c1-4-12-29-21(25)14-30-18-10-11-19-20(13-18)31-15(3)23(22(19)26)32-17-8-6-16(7-9-17)24(27)28-5-2/h4,6-11,13H,1,5,12,14H2,2-3H3. The van der Waals surface area contributed by atoms with Crippen molar-refractivity contribution >= 4 is 22.9 Å². The summed E-state index contributed by atoms with van der Waals surface area (Å²) in [4.78, 5) is 36.2. The maximum Gasteiger partial charge on any atom is 0.344 e. The molecule has 166 valence electrons. The lowest BCUT2D eigenvalue weighted by Crippen LogP contribution is -2.15. The minimum absolute atomic E-state index is 0.0306. The van der Waals surface area contributed by atoms with Crippen molar-refractivity contribution in [3.8, 4) is 17.2 Å². The van der Waals surface area contributed by atoms with Gasteiger partial charge in [0.25, 0.3) is 0 Å². The van der Waals surface area contributed by atoms with Crippen molar-refractivity contribution in [1.82, 2.24) is 0 Å². The molecule has 0 unspecified atom stereocenters. The van der Waals surface area contributed by atoms with Crippen molar-refractivity contribution in [1.29, 1.82) is 0 Å². The molecule has 0 aliphatic heterocycles. The number of carbonyl (C=O) groups excluding carboxylic acids is 2. The average Bonchev–Trinajstić information content (AvgIpc) is 2.79. The molecule has 0 fully saturated rings. The molecule has 0 bridgehead atoms. The maximum absolute atomic E-state index is 12.9. The van der Waals surface area contributed by atoms with Gasteiger partial charge in [-0.25, -0.2) is 9.59 Å². The average molecular weight is 438 g/mol. The Bertz CT molecular complexity index is 1190. The molecule has 3 rings (SSSR count). The lowest BCUT2D eigenvalue weighted by Gasteiger charge is -2.10. The summed E-state index contributed by atoms with van der Waals surface area (Å²) in [5, 5.41) is 0.287. The Morgan fingerprint density at radius 2 is 1.78 bits per heavy atom. The summed E-state index contributed by atoms with van der Waals surface area (Å²) >= 11 is 0. The number of carbonyl (C=O) groups is 2. The Morgan fingerprint density at radius 1 is 1.06 bits per heavy atom. The van der Waals surface area contributed by atoms with E-state index in [-0.39, 0.29) is 47.7 Å². The summed E-state index contributed by atoms with van der Waals surface area (Å²) in [6, 6.07) is 10.8. The molecule has 1 aromatic heterocycles. The number of rotatable bonds is 9. The number of hydrogen-bond donors (Lipinski definition) is 0. The minimum Gasteiger partial charge on any atom is -0.482 e. The predicted molar refractivity (Wildman–Crippen MR) is 116 cm³/mol. The third-order valence-corrected chi connectivity index (χ3v) is 4.29. The molecule has 2 aromatic carbocycles. The van der Waals surface area contributed by atoms with Gasteiger partial charge in [-0.15, -0.1) is 0 Å². The zero-order valence-corrected chi connectivity index (χ0v) is 17.7. The predicted octanol–water partition coefficient (Wildman–Crippen LogP) is 4.18. The van der Waals surface area contributed by atoms with Crippen LogP contribution in [0.1, 0.15) is 23.0 Å². The van der Waals surface area contributed by atoms with Crippen LogP contribution in [0.4, 0.5) is 0 Å². The van der Waals surface area contributed by atoms with Crippen molar-refractivity contribution in [2.45, 2.75) is 13.8 Å². The van der Waals surface area contributed by atoms with Gasteiger partial charge in [0.1, 0.15) is 29.4 Å². The molecule has 0 aliphatic rings.